The maximum absolute atomic E-state index is 14.2. The Labute approximate surface area is 237 Å². The predicted octanol–water partition coefficient (Wildman–Crippen LogP) is 4.57. The van der Waals surface area contributed by atoms with Crippen molar-refractivity contribution in [1.82, 2.24) is 4.90 Å². The normalized spacial score (nSPS) is 29.7. The standard InChI is InChI=1S/C29H34ClN3O5S/c1-4-20(16-34)33-24(26(36)32-18-8-6-17(30)7-9-18)29-15-14-28(3,39-29)22(23(29)27(33)37)25(35)31-19-10-12-21(13-11-19)38-5-2/h6-13,20,22-24,34H,4-5,14-16H2,1-3H3,(H,31,35)(H,32,36)/t20-,22+,23-,24?,28-,29?/m0/s1. The van der Waals surface area contributed by atoms with Gasteiger partial charge < -0.3 is 25.4 Å². The molecule has 2 aromatic carbocycles. The quantitative estimate of drug-likeness (QED) is 0.407. The highest BCUT2D eigenvalue weighted by atomic mass is 35.5. The minimum absolute atomic E-state index is 0.232. The van der Waals surface area contributed by atoms with Gasteiger partial charge in [0, 0.05) is 21.1 Å². The lowest BCUT2D eigenvalue weighted by molar-refractivity contribution is -0.141. The molecule has 3 amide bonds. The van der Waals surface area contributed by atoms with Crippen LogP contribution in [0.3, 0.4) is 0 Å². The lowest BCUT2D eigenvalue weighted by Gasteiger charge is -2.36. The number of fused-ring (bicyclic) bond motifs is 1. The van der Waals surface area contributed by atoms with Gasteiger partial charge in [0.1, 0.15) is 11.8 Å². The molecule has 3 heterocycles. The van der Waals surface area contributed by atoms with Gasteiger partial charge in [-0.2, -0.15) is 0 Å². The van der Waals surface area contributed by atoms with E-state index in [2.05, 4.69) is 10.6 Å². The molecule has 3 fully saturated rings. The number of carbonyl (C=O) groups excluding carboxylic acids is 3. The number of amides is 3. The Morgan fingerprint density at radius 2 is 1.69 bits per heavy atom. The monoisotopic (exact) mass is 571 g/mol. The number of aliphatic hydroxyl groups excluding tert-OH is 1. The fourth-order valence-electron chi connectivity index (χ4n) is 6.64. The molecule has 0 aliphatic carbocycles. The van der Waals surface area contributed by atoms with E-state index in [9.17, 15) is 19.5 Å². The number of benzene rings is 2. The summed E-state index contributed by atoms with van der Waals surface area (Å²) in [6.45, 7) is 6.11. The molecule has 2 aromatic rings. The van der Waals surface area contributed by atoms with Crippen LogP contribution < -0.4 is 15.4 Å². The summed E-state index contributed by atoms with van der Waals surface area (Å²) in [5.74, 6) is -1.38. The van der Waals surface area contributed by atoms with Crippen LogP contribution in [0.2, 0.25) is 5.02 Å². The van der Waals surface area contributed by atoms with Gasteiger partial charge in [0.2, 0.25) is 17.7 Å². The third-order valence-corrected chi connectivity index (χ3v) is 10.6. The van der Waals surface area contributed by atoms with Gasteiger partial charge in [-0.25, -0.2) is 0 Å². The van der Waals surface area contributed by atoms with Crippen LogP contribution in [0.4, 0.5) is 11.4 Å². The van der Waals surface area contributed by atoms with Crippen molar-refractivity contribution >= 4 is 52.5 Å². The second-order valence-electron chi connectivity index (χ2n) is 10.7. The van der Waals surface area contributed by atoms with Crippen LogP contribution in [-0.2, 0) is 14.4 Å². The molecule has 5 rings (SSSR count). The average Bonchev–Trinajstić information content (AvgIpc) is 3.48. The number of thioether (sulfide) groups is 1. The summed E-state index contributed by atoms with van der Waals surface area (Å²) in [5, 5.41) is 16.7. The maximum atomic E-state index is 14.2. The Kier molecular flexibility index (Phi) is 7.61. The first kappa shape index (κ1) is 27.8. The molecule has 8 nitrogen and oxygen atoms in total. The number of anilines is 2. The highest BCUT2D eigenvalue weighted by molar-refractivity contribution is 8.02. The molecule has 1 spiro atoms. The third-order valence-electron chi connectivity index (χ3n) is 8.37. The molecule has 2 unspecified atom stereocenters. The number of halogens is 1. The number of aliphatic hydroxyl groups is 1. The molecule has 3 saturated heterocycles. The number of hydrogen-bond donors (Lipinski definition) is 3. The van der Waals surface area contributed by atoms with Crippen molar-refractivity contribution in [3.05, 3.63) is 53.6 Å². The third kappa shape index (κ3) is 4.68. The van der Waals surface area contributed by atoms with E-state index in [0.717, 1.165) is 0 Å². The van der Waals surface area contributed by atoms with Gasteiger partial charge in [-0.1, -0.05) is 18.5 Å². The Morgan fingerprint density at radius 3 is 2.28 bits per heavy atom. The second-order valence-corrected chi connectivity index (χ2v) is 13.0. The Hall–Kier alpha value is -2.75. The predicted molar refractivity (Wildman–Crippen MR) is 153 cm³/mol. The molecule has 10 heteroatoms. The summed E-state index contributed by atoms with van der Waals surface area (Å²) in [4.78, 5) is 43.5. The van der Waals surface area contributed by atoms with Crippen molar-refractivity contribution in [2.75, 3.05) is 23.8 Å². The van der Waals surface area contributed by atoms with E-state index in [0.29, 0.717) is 48.0 Å². The molecule has 0 radical (unpaired) electrons. The van der Waals surface area contributed by atoms with Crippen LogP contribution in [0.1, 0.15) is 40.0 Å². The zero-order valence-electron chi connectivity index (χ0n) is 22.3. The number of rotatable bonds is 9. The van der Waals surface area contributed by atoms with Gasteiger partial charge in [0.15, 0.2) is 0 Å². The number of ether oxygens (including phenoxy) is 1. The summed E-state index contributed by atoms with van der Waals surface area (Å²) in [6, 6.07) is 12.6. The summed E-state index contributed by atoms with van der Waals surface area (Å²) in [5.41, 5.74) is 1.19. The van der Waals surface area contributed by atoms with Crippen molar-refractivity contribution in [2.45, 2.75) is 61.6 Å². The van der Waals surface area contributed by atoms with E-state index >= 15 is 0 Å². The van der Waals surface area contributed by atoms with E-state index in [1.54, 1.807) is 65.2 Å². The summed E-state index contributed by atoms with van der Waals surface area (Å²) in [7, 11) is 0. The van der Waals surface area contributed by atoms with Crippen LogP contribution in [0.5, 0.6) is 5.75 Å². The average molecular weight is 572 g/mol. The summed E-state index contributed by atoms with van der Waals surface area (Å²) >= 11 is 7.62. The summed E-state index contributed by atoms with van der Waals surface area (Å²) in [6.07, 6.45) is 1.83. The van der Waals surface area contributed by atoms with Crippen LogP contribution >= 0.6 is 23.4 Å². The zero-order valence-corrected chi connectivity index (χ0v) is 23.8. The van der Waals surface area contributed by atoms with E-state index in [-0.39, 0.29) is 24.3 Å². The SMILES string of the molecule is CCOc1ccc(NC(=O)[C@H]2[C@H]3C(=O)N([C@@H](CC)CO)C(C(=O)Nc4ccc(Cl)cc4)C34CC[C@]2(C)S4)cc1. The van der Waals surface area contributed by atoms with E-state index < -0.39 is 33.4 Å². The molecule has 3 N–H and O–H groups in total. The number of hydrogen-bond acceptors (Lipinski definition) is 6. The number of nitrogens with zero attached hydrogens (tertiary/aromatic N) is 1. The minimum Gasteiger partial charge on any atom is -0.494 e. The van der Waals surface area contributed by atoms with Crippen molar-refractivity contribution in [2.24, 2.45) is 11.8 Å². The highest BCUT2D eigenvalue weighted by Crippen LogP contribution is 2.71. The first-order valence-corrected chi connectivity index (χ1v) is 14.6. The van der Waals surface area contributed by atoms with Crippen LogP contribution in [0.15, 0.2) is 48.5 Å². The Morgan fingerprint density at radius 1 is 1.08 bits per heavy atom. The highest BCUT2D eigenvalue weighted by Gasteiger charge is 2.77. The van der Waals surface area contributed by atoms with Crippen molar-refractivity contribution in [3.63, 3.8) is 0 Å². The minimum atomic E-state index is -0.821. The van der Waals surface area contributed by atoms with E-state index in [1.807, 2.05) is 20.8 Å². The number of carbonyl (C=O) groups is 3. The van der Waals surface area contributed by atoms with Crippen LogP contribution in [0, 0.1) is 11.8 Å². The van der Waals surface area contributed by atoms with Crippen molar-refractivity contribution in [1.29, 1.82) is 0 Å². The number of nitrogens with one attached hydrogen (secondary N) is 2. The van der Waals surface area contributed by atoms with Crippen LogP contribution in [0.25, 0.3) is 0 Å². The molecule has 6 atom stereocenters. The molecule has 0 aromatic heterocycles. The Balaban J connectivity index is 1.48. The molecule has 2 bridgehead atoms. The topological polar surface area (TPSA) is 108 Å². The van der Waals surface area contributed by atoms with Crippen molar-refractivity contribution < 1.29 is 24.2 Å². The van der Waals surface area contributed by atoms with E-state index in [1.165, 1.54) is 0 Å². The lowest BCUT2D eigenvalue weighted by Crippen LogP contribution is -2.54. The zero-order chi connectivity index (χ0) is 27.9. The van der Waals surface area contributed by atoms with E-state index in [4.69, 9.17) is 16.3 Å². The maximum Gasteiger partial charge on any atom is 0.248 e. The first-order chi connectivity index (χ1) is 18.7. The second kappa shape index (κ2) is 10.7. The largest absolute Gasteiger partial charge is 0.494 e. The molecule has 0 saturated carbocycles. The molecular weight excluding hydrogens is 538 g/mol. The first-order valence-electron chi connectivity index (χ1n) is 13.4. The lowest BCUT2D eigenvalue weighted by atomic mass is 9.66. The van der Waals surface area contributed by atoms with Gasteiger partial charge >= 0.3 is 0 Å². The van der Waals surface area contributed by atoms with Gasteiger partial charge in [0.25, 0.3) is 0 Å². The van der Waals surface area contributed by atoms with Gasteiger partial charge in [-0.3, -0.25) is 14.4 Å². The molecule has 3 aliphatic rings. The summed E-state index contributed by atoms with van der Waals surface area (Å²) < 4.78 is 4.23. The molecule has 39 heavy (non-hydrogen) atoms. The molecular formula is C29H34ClN3O5S. The fraction of sp³-hybridized carbons (Fsp3) is 0.483. The Bertz CT molecular complexity index is 1250. The smallest absolute Gasteiger partial charge is 0.248 e. The molecule has 3 aliphatic heterocycles. The van der Waals surface area contributed by atoms with Crippen molar-refractivity contribution in [3.8, 4) is 5.75 Å². The number of likely N-dealkylation sites (tertiary alicyclic amines) is 1. The van der Waals surface area contributed by atoms with Gasteiger partial charge in [-0.05, 0) is 81.6 Å². The van der Waals surface area contributed by atoms with Crippen LogP contribution in [-0.4, -0.2) is 62.5 Å². The van der Waals surface area contributed by atoms with Gasteiger partial charge in [0.05, 0.1) is 35.8 Å². The molecule has 208 valence electrons. The fourth-order valence-corrected chi connectivity index (χ4v) is 9.10. The van der Waals surface area contributed by atoms with Gasteiger partial charge in [-0.15, -0.1) is 11.8 Å².